The summed E-state index contributed by atoms with van der Waals surface area (Å²) in [5.41, 5.74) is 0. The Labute approximate surface area is 107 Å². The molecule has 2 rings (SSSR count). The molecule has 2 aliphatic rings. The van der Waals surface area contributed by atoms with Crippen molar-refractivity contribution in [2.24, 2.45) is 0 Å². The van der Waals surface area contributed by atoms with Crippen LogP contribution in [0.5, 0.6) is 0 Å². The van der Waals surface area contributed by atoms with E-state index in [1.54, 1.807) is 0 Å². The first kappa shape index (κ1) is 13.4. The van der Waals surface area contributed by atoms with Crippen LogP contribution in [0.4, 0.5) is 0 Å². The zero-order valence-corrected chi connectivity index (χ0v) is 11.9. The first-order valence-electron chi connectivity index (χ1n) is 7.80. The van der Waals surface area contributed by atoms with E-state index in [1.165, 1.54) is 44.9 Å². The molecular formula is C15H30N2. The Kier molecular flexibility index (Phi) is 4.87. The number of hydrogen-bond acceptors (Lipinski definition) is 2. The smallest absolute Gasteiger partial charge is 0.0116 e. The lowest BCUT2D eigenvalue weighted by Gasteiger charge is -2.52. The molecule has 2 heteroatoms. The molecule has 2 nitrogen and oxygen atoms in total. The molecule has 2 fully saturated rings. The van der Waals surface area contributed by atoms with Crippen LogP contribution in [0.15, 0.2) is 0 Å². The first-order chi connectivity index (χ1) is 8.30. The predicted octanol–water partition coefficient (Wildman–Crippen LogP) is 3.17. The van der Waals surface area contributed by atoms with Crippen molar-refractivity contribution in [3.05, 3.63) is 0 Å². The van der Waals surface area contributed by atoms with E-state index in [1.807, 2.05) is 0 Å². The summed E-state index contributed by atoms with van der Waals surface area (Å²) in [5.74, 6) is 0. The van der Waals surface area contributed by atoms with Gasteiger partial charge < -0.3 is 5.32 Å². The van der Waals surface area contributed by atoms with E-state index in [4.69, 9.17) is 0 Å². The van der Waals surface area contributed by atoms with Crippen LogP contribution in [0.25, 0.3) is 0 Å². The molecule has 100 valence electrons. The topological polar surface area (TPSA) is 15.3 Å². The van der Waals surface area contributed by atoms with Gasteiger partial charge in [0.1, 0.15) is 0 Å². The van der Waals surface area contributed by atoms with Gasteiger partial charge in [0.05, 0.1) is 0 Å². The summed E-state index contributed by atoms with van der Waals surface area (Å²) in [6.07, 6.45) is 9.78. The Hall–Kier alpha value is -0.0800. The van der Waals surface area contributed by atoms with Crippen LogP contribution in [0.3, 0.4) is 0 Å². The minimum Gasteiger partial charge on any atom is -0.314 e. The summed E-state index contributed by atoms with van der Waals surface area (Å²) in [6, 6.07) is 3.38. The fourth-order valence-corrected chi connectivity index (χ4v) is 4.18. The number of rotatable bonds is 5. The second kappa shape index (κ2) is 6.19. The van der Waals surface area contributed by atoms with E-state index in [-0.39, 0.29) is 0 Å². The van der Waals surface area contributed by atoms with Crippen LogP contribution in [-0.4, -0.2) is 35.6 Å². The maximum absolute atomic E-state index is 3.68. The molecule has 1 N–H and O–H groups in total. The van der Waals surface area contributed by atoms with Crippen molar-refractivity contribution in [2.75, 3.05) is 6.54 Å². The Morgan fingerprint density at radius 1 is 1.06 bits per heavy atom. The highest BCUT2D eigenvalue weighted by Crippen LogP contribution is 2.36. The molecule has 0 radical (unpaired) electrons. The zero-order valence-electron chi connectivity index (χ0n) is 11.9. The lowest BCUT2D eigenvalue weighted by atomic mass is 9.80. The number of hydrogen-bond donors (Lipinski definition) is 1. The van der Waals surface area contributed by atoms with Crippen LogP contribution in [0.1, 0.15) is 65.7 Å². The molecule has 0 saturated carbocycles. The summed E-state index contributed by atoms with van der Waals surface area (Å²) in [4.78, 5) is 2.90. The third kappa shape index (κ3) is 2.85. The van der Waals surface area contributed by atoms with Gasteiger partial charge in [-0.05, 0) is 45.1 Å². The molecule has 0 aromatic carbocycles. The Morgan fingerprint density at radius 2 is 1.65 bits per heavy atom. The lowest BCUT2D eigenvalue weighted by Crippen LogP contribution is -2.59. The number of piperidine rings is 2. The Balaban J connectivity index is 2.04. The SMILES string of the molecule is CCNC1CC2CCCC(C1)N2C(CC)CC. The largest absolute Gasteiger partial charge is 0.314 e. The van der Waals surface area contributed by atoms with Gasteiger partial charge in [-0.2, -0.15) is 0 Å². The lowest BCUT2D eigenvalue weighted by molar-refractivity contribution is -0.0130. The maximum Gasteiger partial charge on any atom is 0.0116 e. The van der Waals surface area contributed by atoms with E-state index in [0.717, 1.165) is 30.7 Å². The summed E-state index contributed by atoms with van der Waals surface area (Å²) in [6.45, 7) is 8.10. The standard InChI is InChI=1S/C15H30N2/c1-4-13(5-2)17-14-8-7-9-15(17)11-12(10-14)16-6-3/h12-16H,4-11H2,1-3H3. The minimum absolute atomic E-state index is 0.793. The molecule has 2 saturated heterocycles. The van der Waals surface area contributed by atoms with E-state index in [2.05, 4.69) is 31.0 Å². The van der Waals surface area contributed by atoms with Gasteiger partial charge in [-0.1, -0.05) is 27.2 Å². The molecule has 0 aliphatic carbocycles. The van der Waals surface area contributed by atoms with Crippen molar-refractivity contribution in [3.8, 4) is 0 Å². The molecule has 0 spiro atoms. The number of nitrogens with one attached hydrogen (secondary N) is 1. The monoisotopic (exact) mass is 238 g/mol. The predicted molar refractivity (Wildman–Crippen MR) is 74.3 cm³/mol. The van der Waals surface area contributed by atoms with Crippen molar-refractivity contribution >= 4 is 0 Å². The van der Waals surface area contributed by atoms with Crippen molar-refractivity contribution in [3.63, 3.8) is 0 Å². The first-order valence-corrected chi connectivity index (χ1v) is 7.80. The van der Waals surface area contributed by atoms with E-state index in [0.29, 0.717) is 0 Å². The van der Waals surface area contributed by atoms with E-state index in [9.17, 15) is 0 Å². The normalized spacial score (nSPS) is 34.2. The van der Waals surface area contributed by atoms with Gasteiger partial charge in [0.15, 0.2) is 0 Å². The molecular weight excluding hydrogens is 208 g/mol. The minimum atomic E-state index is 0.793. The molecule has 2 atom stereocenters. The quantitative estimate of drug-likeness (QED) is 0.791. The zero-order chi connectivity index (χ0) is 12.3. The van der Waals surface area contributed by atoms with Gasteiger partial charge in [-0.15, -0.1) is 0 Å². The average molecular weight is 238 g/mol. The highest BCUT2D eigenvalue weighted by molar-refractivity contribution is 4.97. The Bertz CT molecular complexity index is 211. The second-order valence-electron chi connectivity index (χ2n) is 5.88. The molecule has 17 heavy (non-hydrogen) atoms. The van der Waals surface area contributed by atoms with Gasteiger partial charge in [-0.3, -0.25) is 4.90 Å². The summed E-state index contributed by atoms with van der Waals surface area (Å²) >= 11 is 0. The third-order valence-electron chi connectivity index (χ3n) is 4.89. The highest BCUT2D eigenvalue weighted by atomic mass is 15.2. The van der Waals surface area contributed by atoms with Crippen LogP contribution in [0, 0.1) is 0 Å². The number of nitrogens with zero attached hydrogens (tertiary/aromatic N) is 1. The molecule has 2 bridgehead atoms. The maximum atomic E-state index is 3.68. The van der Waals surface area contributed by atoms with Crippen LogP contribution >= 0.6 is 0 Å². The highest BCUT2D eigenvalue weighted by Gasteiger charge is 2.40. The van der Waals surface area contributed by atoms with Gasteiger partial charge in [0, 0.05) is 24.2 Å². The molecule has 0 aromatic heterocycles. The number of fused-ring (bicyclic) bond motifs is 2. The molecule has 0 amide bonds. The average Bonchev–Trinajstić information content (AvgIpc) is 2.31. The van der Waals surface area contributed by atoms with Gasteiger partial charge in [0.2, 0.25) is 0 Å². The van der Waals surface area contributed by atoms with Gasteiger partial charge in [-0.25, -0.2) is 0 Å². The molecule has 0 aromatic rings. The second-order valence-corrected chi connectivity index (χ2v) is 5.88. The van der Waals surface area contributed by atoms with Crippen molar-refractivity contribution in [2.45, 2.75) is 89.9 Å². The van der Waals surface area contributed by atoms with Gasteiger partial charge in [0.25, 0.3) is 0 Å². The van der Waals surface area contributed by atoms with Crippen molar-refractivity contribution in [1.29, 1.82) is 0 Å². The van der Waals surface area contributed by atoms with Crippen LogP contribution in [0.2, 0.25) is 0 Å². The summed E-state index contributed by atoms with van der Waals surface area (Å²) in [7, 11) is 0. The van der Waals surface area contributed by atoms with E-state index < -0.39 is 0 Å². The molecule has 2 heterocycles. The van der Waals surface area contributed by atoms with E-state index >= 15 is 0 Å². The third-order valence-corrected chi connectivity index (χ3v) is 4.89. The van der Waals surface area contributed by atoms with Crippen molar-refractivity contribution < 1.29 is 0 Å². The Morgan fingerprint density at radius 3 is 2.12 bits per heavy atom. The fraction of sp³-hybridized carbons (Fsp3) is 1.00. The fourth-order valence-electron chi connectivity index (χ4n) is 4.18. The summed E-state index contributed by atoms with van der Waals surface area (Å²) in [5, 5.41) is 3.68. The van der Waals surface area contributed by atoms with Crippen LogP contribution < -0.4 is 5.32 Å². The van der Waals surface area contributed by atoms with Gasteiger partial charge >= 0.3 is 0 Å². The molecule has 2 aliphatic heterocycles. The molecule has 2 unspecified atom stereocenters. The van der Waals surface area contributed by atoms with Crippen molar-refractivity contribution in [1.82, 2.24) is 10.2 Å². The summed E-state index contributed by atoms with van der Waals surface area (Å²) < 4.78 is 0. The van der Waals surface area contributed by atoms with Crippen LogP contribution in [-0.2, 0) is 0 Å².